The number of carbonyl (C=O) groups is 3. The van der Waals surface area contributed by atoms with Crippen LogP contribution in [0.15, 0.2) is 18.2 Å². The van der Waals surface area contributed by atoms with Crippen LogP contribution in [0.25, 0.3) is 0 Å². The van der Waals surface area contributed by atoms with Gasteiger partial charge in [0, 0.05) is 52.0 Å². The molecule has 3 N–H and O–H groups in total. The second kappa shape index (κ2) is 9.51. The van der Waals surface area contributed by atoms with Gasteiger partial charge in [0.05, 0.1) is 0 Å². The van der Waals surface area contributed by atoms with Gasteiger partial charge in [0.1, 0.15) is 0 Å². The lowest BCUT2D eigenvalue weighted by Gasteiger charge is -2.20. The lowest BCUT2D eigenvalue weighted by Crippen LogP contribution is -2.41. The standard InChI is InChI=1S/C17H27N5O3/c1-6-15(23)19-13-8-7-12(2)14(11-13)20-17(25)22(5)10-9-18-16(24)21(3)4/h7-8,11H,6,9-10H2,1-5H3,(H,18,24)(H,19,23)(H,20,25). The summed E-state index contributed by atoms with van der Waals surface area (Å²) < 4.78 is 0. The Morgan fingerprint density at radius 1 is 1.04 bits per heavy atom. The number of aryl methyl sites for hydroxylation is 1. The first-order valence-corrected chi connectivity index (χ1v) is 8.12. The largest absolute Gasteiger partial charge is 0.336 e. The molecule has 0 spiro atoms. The molecule has 1 aromatic carbocycles. The van der Waals surface area contributed by atoms with Gasteiger partial charge in [-0.1, -0.05) is 13.0 Å². The number of rotatable bonds is 6. The van der Waals surface area contributed by atoms with Crippen LogP contribution in [0.3, 0.4) is 0 Å². The summed E-state index contributed by atoms with van der Waals surface area (Å²) in [5.74, 6) is -0.0881. The molecule has 0 unspecified atom stereocenters. The molecule has 0 bridgehead atoms. The van der Waals surface area contributed by atoms with Crippen LogP contribution in [0.5, 0.6) is 0 Å². The Morgan fingerprint density at radius 3 is 2.32 bits per heavy atom. The number of likely N-dealkylation sites (N-methyl/N-ethyl adjacent to an activating group) is 1. The number of benzene rings is 1. The van der Waals surface area contributed by atoms with Gasteiger partial charge < -0.3 is 25.8 Å². The quantitative estimate of drug-likeness (QED) is 0.734. The Balaban J connectivity index is 2.61. The maximum atomic E-state index is 12.3. The smallest absolute Gasteiger partial charge is 0.321 e. The molecule has 0 atom stereocenters. The lowest BCUT2D eigenvalue weighted by molar-refractivity contribution is -0.115. The minimum atomic E-state index is -0.291. The van der Waals surface area contributed by atoms with E-state index in [1.807, 2.05) is 13.0 Å². The van der Waals surface area contributed by atoms with Crippen LogP contribution in [0, 0.1) is 6.92 Å². The fraction of sp³-hybridized carbons (Fsp3) is 0.471. The fourth-order valence-corrected chi connectivity index (χ4v) is 1.88. The van der Waals surface area contributed by atoms with Crippen molar-refractivity contribution in [2.45, 2.75) is 20.3 Å². The van der Waals surface area contributed by atoms with Crippen molar-refractivity contribution >= 4 is 29.3 Å². The van der Waals surface area contributed by atoms with Gasteiger partial charge in [0.15, 0.2) is 0 Å². The first-order chi connectivity index (χ1) is 11.7. The maximum absolute atomic E-state index is 12.3. The molecule has 0 heterocycles. The second-order valence-corrected chi connectivity index (χ2v) is 5.91. The summed E-state index contributed by atoms with van der Waals surface area (Å²) in [6.07, 6.45) is 0.386. The monoisotopic (exact) mass is 349 g/mol. The number of nitrogens with zero attached hydrogens (tertiary/aromatic N) is 2. The molecule has 25 heavy (non-hydrogen) atoms. The second-order valence-electron chi connectivity index (χ2n) is 5.91. The normalized spacial score (nSPS) is 9.96. The van der Waals surface area contributed by atoms with Crippen LogP contribution >= 0.6 is 0 Å². The summed E-state index contributed by atoms with van der Waals surface area (Å²) >= 11 is 0. The SMILES string of the molecule is CCC(=O)Nc1ccc(C)c(NC(=O)N(C)CCNC(=O)N(C)C)c1. The van der Waals surface area contributed by atoms with E-state index in [4.69, 9.17) is 0 Å². The number of anilines is 2. The molecule has 1 rings (SSSR count). The molecular formula is C17H27N5O3. The van der Waals surface area contributed by atoms with Gasteiger partial charge in [-0.15, -0.1) is 0 Å². The van der Waals surface area contributed by atoms with Crippen LogP contribution < -0.4 is 16.0 Å². The van der Waals surface area contributed by atoms with Crippen molar-refractivity contribution in [2.24, 2.45) is 0 Å². The molecule has 0 aromatic heterocycles. The van der Waals surface area contributed by atoms with Gasteiger partial charge in [0.25, 0.3) is 0 Å². The number of hydrogen-bond acceptors (Lipinski definition) is 3. The zero-order chi connectivity index (χ0) is 19.0. The van der Waals surface area contributed by atoms with Gasteiger partial charge in [-0.25, -0.2) is 9.59 Å². The van der Waals surface area contributed by atoms with E-state index in [1.165, 1.54) is 9.80 Å². The fourth-order valence-electron chi connectivity index (χ4n) is 1.88. The minimum absolute atomic E-state index is 0.0881. The van der Waals surface area contributed by atoms with E-state index in [0.29, 0.717) is 30.9 Å². The summed E-state index contributed by atoms with van der Waals surface area (Å²) in [4.78, 5) is 38.1. The topological polar surface area (TPSA) is 93.8 Å². The molecule has 0 saturated heterocycles. The lowest BCUT2D eigenvalue weighted by atomic mass is 10.1. The Hall–Kier alpha value is -2.77. The third-order valence-electron chi connectivity index (χ3n) is 3.56. The molecule has 0 saturated carbocycles. The van der Waals surface area contributed by atoms with Crippen molar-refractivity contribution in [1.82, 2.24) is 15.1 Å². The van der Waals surface area contributed by atoms with E-state index >= 15 is 0 Å². The molecule has 138 valence electrons. The third kappa shape index (κ3) is 6.70. The van der Waals surface area contributed by atoms with Crippen LogP contribution in [0.2, 0.25) is 0 Å². The Bertz CT molecular complexity index is 631. The van der Waals surface area contributed by atoms with Gasteiger partial charge in [-0.3, -0.25) is 4.79 Å². The van der Waals surface area contributed by atoms with E-state index < -0.39 is 0 Å². The van der Waals surface area contributed by atoms with E-state index in [2.05, 4.69) is 16.0 Å². The number of hydrogen-bond donors (Lipinski definition) is 3. The van der Waals surface area contributed by atoms with Crippen LogP contribution in [-0.4, -0.2) is 62.0 Å². The third-order valence-corrected chi connectivity index (χ3v) is 3.56. The van der Waals surface area contributed by atoms with E-state index in [1.54, 1.807) is 40.2 Å². The average molecular weight is 349 g/mol. The number of carbonyl (C=O) groups excluding carboxylic acids is 3. The van der Waals surface area contributed by atoms with Gasteiger partial charge in [0.2, 0.25) is 5.91 Å². The predicted molar refractivity (Wildman–Crippen MR) is 98.8 cm³/mol. The van der Waals surface area contributed by atoms with Crippen molar-refractivity contribution in [2.75, 3.05) is 44.9 Å². The predicted octanol–water partition coefficient (Wildman–Crippen LogP) is 2.08. The highest BCUT2D eigenvalue weighted by molar-refractivity contribution is 5.94. The molecule has 0 aliphatic rings. The van der Waals surface area contributed by atoms with Crippen molar-refractivity contribution < 1.29 is 14.4 Å². The highest BCUT2D eigenvalue weighted by atomic mass is 16.2. The summed E-state index contributed by atoms with van der Waals surface area (Å²) in [5.41, 5.74) is 2.15. The molecule has 5 amide bonds. The number of nitrogens with one attached hydrogen (secondary N) is 3. The summed E-state index contributed by atoms with van der Waals surface area (Å²) in [6.45, 7) is 4.37. The number of urea groups is 2. The molecule has 1 aromatic rings. The molecule has 0 aliphatic heterocycles. The minimum Gasteiger partial charge on any atom is -0.336 e. The highest BCUT2D eigenvalue weighted by Gasteiger charge is 2.12. The number of amides is 5. The molecule has 0 fully saturated rings. The molecular weight excluding hydrogens is 322 g/mol. The maximum Gasteiger partial charge on any atom is 0.321 e. The summed E-state index contributed by atoms with van der Waals surface area (Å²) in [7, 11) is 4.95. The molecule has 0 aliphatic carbocycles. The molecule has 8 heteroatoms. The summed E-state index contributed by atoms with van der Waals surface area (Å²) in [6, 6.07) is 4.85. The first-order valence-electron chi connectivity index (χ1n) is 8.12. The average Bonchev–Trinajstić information content (AvgIpc) is 2.57. The van der Waals surface area contributed by atoms with Crippen molar-refractivity contribution in [3.8, 4) is 0 Å². The highest BCUT2D eigenvalue weighted by Crippen LogP contribution is 2.20. The zero-order valence-electron chi connectivity index (χ0n) is 15.5. The van der Waals surface area contributed by atoms with Gasteiger partial charge >= 0.3 is 12.1 Å². The Labute approximate surface area is 148 Å². The van der Waals surface area contributed by atoms with Gasteiger partial charge in [-0.2, -0.15) is 0 Å². The zero-order valence-corrected chi connectivity index (χ0v) is 15.5. The van der Waals surface area contributed by atoms with Crippen molar-refractivity contribution in [1.29, 1.82) is 0 Å². The molecule has 8 nitrogen and oxygen atoms in total. The van der Waals surface area contributed by atoms with Crippen LogP contribution in [0.4, 0.5) is 21.0 Å². The van der Waals surface area contributed by atoms with E-state index in [-0.39, 0.29) is 18.0 Å². The summed E-state index contributed by atoms with van der Waals surface area (Å²) in [5, 5.41) is 8.28. The van der Waals surface area contributed by atoms with Gasteiger partial charge in [-0.05, 0) is 24.6 Å². The van der Waals surface area contributed by atoms with Crippen LogP contribution in [-0.2, 0) is 4.79 Å². The van der Waals surface area contributed by atoms with E-state index in [9.17, 15) is 14.4 Å². The Morgan fingerprint density at radius 2 is 1.72 bits per heavy atom. The van der Waals surface area contributed by atoms with Crippen LogP contribution in [0.1, 0.15) is 18.9 Å². The van der Waals surface area contributed by atoms with E-state index in [0.717, 1.165) is 5.56 Å². The van der Waals surface area contributed by atoms with Crippen molar-refractivity contribution in [3.63, 3.8) is 0 Å². The molecule has 0 radical (unpaired) electrons. The first kappa shape index (κ1) is 20.3. The Kier molecular flexibility index (Phi) is 7.71. The van der Waals surface area contributed by atoms with Crippen molar-refractivity contribution in [3.05, 3.63) is 23.8 Å².